The molecule has 7 nitrogen and oxygen atoms in total. The number of unbranched alkanes of at least 4 members (excludes halogenated alkanes) is 1. The van der Waals surface area contributed by atoms with Crippen molar-refractivity contribution in [3.05, 3.63) is 16.5 Å². The summed E-state index contributed by atoms with van der Waals surface area (Å²) in [4.78, 5) is 32.0. The minimum absolute atomic E-state index is 0.145. The van der Waals surface area contributed by atoms with Crippen molar-refractivity contribution in [3.8, 4) is 6.07 Å². The van der Waals surface area contributed by atoms with Crippen molar-refractivity contribution < 1.29 is 23.9 Å². The lowest BCUT2D eigenvalue weighted by Gasteiger charge is -1.98. The smallest absolute Gasteiger partial charge is 0.341 e. The summed E-state index contributed by atoms with van der Waals surface area (Å²) in [5, 5.41) is 8.46. The van der Waals surface area contributed by atoms with Crippen LogP contribution in [0.15, 0.2) is 6.07 Å². The Labute approximate surface area is 159 Å². The van der Waals surface area contributed by atoms with E-state index in [4.69, 9.17) is 15.7 Å². The highest BCUT2D eigenvalue weighted by Crippen LogP contribution is 2.25. The molecule has 0 atom stereocenters. The topological polar surface area (TPSA) is 119 Å². The summed E-state index contributed by atoms with van der Waals surface area (Å²) in [6, 6.07) is 3.48. The Hall–Kier alpha value is -2.40. The second-order valence-electron chi connectivity index (χ2n) is 4.66. The molecule has 0 aliphatic heterocycles. The average molecular weight is 384 g/mol. The van der Waals surface area contributed by atoms with Gasteiger partial charge in [0.25, 0.3) is 0 Å². The van der Waals surface area contributed by atoms with Crippen LogP contribution in [0.25, 0.3) is 0 Å². The van der Waals surface area contributed by atoms with Crippen LogP contribution in [-0.2, 0) is 25.5 Å². The predicted octanol–water partition coefficient (Wildman–Crippen LogP) is 3.52. The number of esters is 2. The van der Waals surface area contributed by atoms with Gasteiger partial charge in [-0.05, 0) is 32.8 Å². The van der Waals surface area contributed by atoms with Gasteiger partial charge in [-0.15, -0.1) is 11.3 Å². The molecule has 0 fully saturated rings. The molecule has 0 bridgehead atoms. The molecule has 26 heavy (non-hydrogen) atoms. The third kappa shape index (κ3) is 13.0. The number of nitriles is 1. The fourth-order valence-electron chi connectivity index (χ4n) is 1.39. The van der Waals surface area contributed by atoms with Gasteiger partial charge in [0.1, 0.15) is 17.7 Å². The molecule has 1 aromatic heterocycles. The Kier molecular flexibility index (Phi) is 17.3. The van der Waals surface area contributed by atoms with Gasteiger partial charge < -0.3 is 20.0 Å². The molecule has 2 N–H and O–H groups in total. The molecule has 1 aromatic rings. The SMILES string of the molecule is CCCC=O.CCOC(=O)CC#N.CCOC(=O)c1cc(CC)sc1N. The van der Waals surface area contributed by atoms with E-state index in [0.29, 0.717) is 30.2 Å². The van der Waals surface area contributed by atoms with E-state index >= 15 is 0 Å². The van der Waals surface area contributed by atoms with Crippen LogP contribution in [0.4, 0.5) is 5.00 Å². The van der Waals surface area contributed by atoms with Gasteiger partial charge in [-0.3, -0.25) is 4.79 Å². The molecule has 0 aliphatic rings. The van der Waals surface area contributed by atoms with E-state index in [0.717, 1.165) is 24.0 Å². The molecule has 146 valence electrons. The number of carbonyl (C=O) groups excluding carboxylic acids is 3. The Balaban J connectivity index is 0. The van der Waals surface area contributed by atoms with Gasteiger partial charge in [0.15, 0.2) is 0 Å². The van der Waals surface area contributed by atoms with E-state index in [1.165, 1.54) is 11.3 Å². The molecule has 0 aromatic carbocycles. The summed E-state index contributed by atoms with van der Waals surface area (Å²) in [5.41, 5.74) is 6.17. The summed E-state index contributed by atoms with van der Waals surface area (Å²) in [7, 11) is 0. The van der Waals surface area contributed by atoms with Crippen LogP contribution in [0.2, 0.25) is 0 Å². The molecule has 1 rings (SSSR count). The van der Waals surface area contributed by atoms with Gasteiger partial charge in [-0.2, -0.15) is 5.26 Å². The third-order valence-corrected chi connectivity index (χ3v) is 3.70. The third-order valence-electron chi connectivity index (χ3n) is 2.59. The van der Waals surface area contributed by atoms with E-state index in [1.54, 1.807) is 26.0 Å². The predicted molar refractivity (Wildman–Crippen MR) is 102 cm³/mol. The average Bonchev–Trinajstić information content (AvgIpc) is 2.99. The first-order valence-corrected chi connectivity index (χ1v) is 9.24. The molecule has 8 heteroatoms. The number of carbonyl (C=O) groups is 3. The fraction of sp³-hybridized carbons (Fsp3) is 0.556. The van der Waals surface area contributed by atoms with Gasteiger partial charge in [0.05, 0.1) is 24.8 Å². The number of aryl methyl sites for hydroxylation is 1. The second-order valence-corrected chi connectivity index (χ2v) is 5.83. The molecule has 0 radical (unpaired) electrons. The number of thiophene rings is 1. The highest BCUT2D eigenvalue weighted by atomic mass is 32.1. The number of nitrogen functional groups attached to an aromatic ring is 1. The molecule has 0 aliphatic carbocycles. The van der Waals surface area contributed by atoms with Crippen molar-refractivity contribution in [1.29, 1.82) is 5.26 Å². The number of aldehydes is 1. The maximum Gasteiger partial charge on any atom is 0.341 e. The molecular weight excluding hydrogens is 356 g/mol. The van der Waals surface area contributed by atoms with Crippen LogP contribution in [0.3, 0.4) is 0 Å². The molecule has 0 saturated carbocycles. The van der Waals surface area contributed by atoms with E-state index in [-0.39, 0.29) is 12.4 Å². The highest BCUT2D eigenvalue weighted by Gasteiger charge is 2.13. The Morgan fingerprint density at radius 1 is 1.23 bits per heavy atom. The summed E-state index contributed by atoms with van der Waals surface area (Å²) in [6.45, 7) is 8.22. The molecule has 0 amide bonds. The Morgan fingerprint density at radius 2 is 1.85 bits per heavy atom. The van der Waals surface area contributed by atoms with Crippen LogP contribution in [0.1, 0.15) is 62.2 Å². The zero-order valence-corrected chi connectivity index (χ0v) is 16.7. The lowest BCUT2D eigenvalue weighted by atomic mass is 10.2. The van der Waals surface area contributed by atoms with E-state index in [9.17, 15) is 14.4 Å². The van der Waals surface area contributed by atoms with E-state index < -0.39 is 5.97 Å². The zero-order chi connectivity index (χ0) is 20.4. The van der Waals surface area contributed by atoms with Gasteiger partial charge >= 0.3 is 11.9 Å². The normalized spacial score (nSPS) is 8.73. The van der Waals surface area contributed by atoms with Crippen LogP contribution in [-0.4, -0.2) is 31.4 Å². The number of anilines is 1. The largest absolute Gasteiger partial charge is 0.465 e. The minimum atomic E-state index is -0.449. The highest BCUT2D eigenvalue weighted by molar-refractivity contribution is 7.16. The number of ether oxygens (including phenoxy) is 2. The van der Waals surface area contributed by atoms with Crippen molar-refractivity contribution in [2.45, 2.75) is 53.4 Å². The fourth-order valence-corrected chi connectivity index (χ4v) is 2.25. The van der Waals surface area contributed by atoms with Gasteiger partial charge in [-0.25, -0.2) is 4.79 Å². The Morgan fingerprint density at radius 3 is 2.19 bits per heavy atom. The quantitative estimate of drug-likeness (QED) is 0.564. The van der Waals surface area contributed by atoms with Crippen molar-refractivity contribution in [2.75, 3.05) is 18.9 Å². The number of nitrogens with two attached hydrogens (primary N) is 1. The second kappa shape index (κ2) is 17.4. The van der Waals surface area contributed by atoms with Gasteiger partial charge in [0, 0.05) is 11.3 Å². The van der Waals surface area contributed by atoms with Crippen molar-refractivity contribution in [1.82, 2.24) is 0 Å². The Bertz CT molecular complexity index is 579. The van der Waals surface area contributed by atoms with E-state index in [2.05, 4.69) is 4.74 Å². The molecule has 0 saturated heterocycles. The summed E-state index contributed by atoms with van der Waals surface area (Å²) in [6.07, 6.45) is 3.37. The lowest BCUT2D eigenvalue weighted by molar-refractivity contribution is -0.141. The minimum Gasteiger partial charge on any atom is -0.465 e. The first kappa shape index (κ1) is 25.8. The van der Waals surface area contributed by atoms with Crippen molar-refractivity contribution in [3.63, 3.8) is 0 Å². The van der Waals surface area contributed by atoms with Gasteiger partial charge in [-0.1, -0.05) is 13.8 Å². The van der Waals surface area contributed by atoms with Gasteiger partial charge in [0.2, 0.25) is 0 Å². The van der Waals surface area contributed by atoms with Crippen molar-refractivity contribution >= 4 is 34.6 Å². The van der Waals surface area contributed by atoms with Crippen LogP contribution < -0.4 is 5.73 Å². The zero-order valence-electron chi connectivity index (χ0n) is 15.9. The summed E-state index contributed by atoms with van der Waals surface area (Å²) < 4.78 is 9.28. The summed E-state index contributed by atoms with van der Waals surface area (Å²) >= 11 is 1.45. The standard InChI is InChI=1S/C9H13NO2S.C5H7NO2.C4H8O/c1-3-6-5-7(8(10)13-6)9(11)12-4-2;1-2-8-5(7)3-4-6;1-2-3-4-5/h5H,3-4,10H2,1-2H3;2-3H2,1H3;4H,2-3H2,1H3. The molecule has 1 heterocycles. The van der Waals surface area contributed by atoms with Crippen LogP contribution in [0.5, 0.6) is 0 Å². The number of hydrogen-bond donors (Lipinski definition) is 1. The number of rotatable bonds is 7. The lowest BCUT2D eigenvalue weighted by Crippen LogP contribution is -2.05. The molecular formula is C18H28N2O5S. The van der Waals surface area contributed by atoms with Crippen LogP contribution in [0, 0.1) is 11.3 Å². The number of hydrogen-bond acceptors (Lipinski definition) is 8. The maximum absolute atomic E-state index is 11.3. The molecule has 0 unspecified atom stereocenters. The molecule has 0 spiro atoms. The first-order valence-electron chi connectivity index (χ1n) is 8.42. The first-order chi connectivity index (χ1) is 12.4. The van der Waals surface area contributed by atoms with Crippen molar-refractivity contribution in [2.24, 2.45) is 0 Å². The van der Waals surface area contributed by atoms with Crippen LogP contribution >= 0.6 is 11.3 Å². The van der Waals surface area contributed by atoms with E-state index in [1.807, 2.05) is 13.8 Å². The maximum atomic E-state index is 11.3. The monoisotopic (exact) mass is 384 g/mol. The number of nitrogens with zero attached hydrogens (tertiary/aromatic N) is 1. The summed E-state index contributed by atoms with van der Waals surface area (Å²) in [5.74, 6) is -0.772.